The summed E-state index contributed by atoms with van der Waals surface area (Å²) in [4.78, 5) is 11.8. The van der Waals surface area contributed by atoms with Crippen LogP contribution in [-0.4, -0.2) is 38.7 Å². The zero-order valence-corrected chi connectivity index (χ0v) is 16.9. The Morgan fingerprint density at radius 1 is 1.00 bits per heavy atom. The third-order valence-corrected chi connectivity index (χ3v) is 9.44. The summed E-state index contributed by atoms with van der Waals surface area (Å²) in [6, 6.07) is 20.2. The van der Waals surface area contributed by atoms with Crippen LogP contribution in [0.25, 0.3) is 0 Å². The third-order valence-electron chi connectivity index (χ3n) is 4.43. The molecule has 26 heavy (non-hydrogen) atoms. The molecule has 0 bridgehead atoms. The Morgan fingerprint density at radius 3 is 1.85 bits per heavy atom. The standard InChI is InChI=1S/C21H28O4Si/c1-5-24-20(23)19(22)16-25-26(21(2,3)4,17-12-8-6-9-13-17)18-14-10-7-11-15-18/h6-15,19,22H,5,16H2,1-4H3/t19-/m0/s1. The molecule has 2 rings (SSSR count). The second-order valence-electron chi connectivity index (χ2n) is 7.24. The first kappa shape index (κ1) is 20.4. The number of carbonyl (C=O) groups is 1. The molecule has 5 heteroatoms. The topological polar surface area (TPSA) is 55.8 Å². The first-order valence-corrected chi connectivity index (χ1v) is 10.8. The van der Waals surface area contributed by atoms with Gasteiger partial charge in [0.25, 0.3) is 8.32 Å². The molecule has 140 valence electrons. The molecule has 0 spiro atoms. The molecule has 0 saturated carbocycles. The largest absolute Gasteiger partial charge is 0.464 e. The van der Waals surface area contributed by atoms with Crippen molar-refractivity contribution in [1.29, 1.82) is 0 Å². The highest BCUT2D eigenvalue weighted by Gasteiger charge is 2.50. The van der Waals surface area contributed by atoms with E-state index in [1.807, 2.05) is 36.4 Å². The number of aliphatic hydroxyl groups excluding tert-OH is 1. The SMILES string of the molecule is CCOC(=O)[C@@H](O)CO[Si](c1ccccc1)(c1ccccc1)C(C)(C)C. The highest BCUT2D eigenvalue weighted by molar-refractivity contribution is 6.99. The lowest BCUT2D eigenvalue weighted by Crippen LogP contribution is -2.67. The van der Waals surface area contributed by atoms with Gasteiger partial charge in [0.05, 0.1) is 13.2 Å². The van der Waals surface area contributed by atoms with Crippen LogP contribution >= 0.6 is 0 Å². The Hall–Kier alpha value is -1.95. The summed E-state index contributed by atoms with van der Waals surface area (Å²) >= 11 is 0. The Kier molecular flexibility index (Phi) is 6.75. The van der Waals surface area contributed by atoms with Crippen molar-refractivity contribution >= 4 is 24.7 Å². The van der Waals surface area contributed by atoms with Crippen LogP contribution in [0.3, 0.4) is 0 Å². The molecule has 0 aliphatic carbocycles. The van der Waals surface area contributed by atoms with Gasteiger partial charge >= 0.3 is 5.97 Å². The summed E-state index contributed by atoms with van der Waals surface area (Å²) in [6.45, 7) is 8.30. The van der Waals surface area contributed by atoms with Gasteiger partial charge in [0.1, 0.15) is 0 Å². The van der Waals surface area contributed by atoms with E-state index in [0.29, 0.717) is 0 Å². The van der Waals surface area contributed by atoms with E-state index in [1.54, 1.807) is 6.92 Å². The zero-order chi connectivity index (χ0) is 19.2. The van der Waals surface area contributed by atoms with Crippen molar-refractivity contribution in [2.24, 2.45) is 0 Å². The van der Waals surface area contributed by atoms with E-state index in [4.69, 9.17) is 9.16 Å². The van der Waals surface area contributed by atoms with Crippen LogP contribution in [0.5, 0.6) is 0 Å². The summed E-state index contributed by atoms with van der Waals surface area (Å²) in [6.07, 6.45) is -1.29. The summed E-state index contributed by atoms with van der Waals surface area (Å²) in [5.74, 6) is -0.648. The molecule has 2 aromatic carbocycles. The minimum absolute atomic E-state index is 0.0912. The molecule has 1 N–H and O–H groups in total. The van der Waals surface area contributed by atoms with Gasteiger partial charge in [-0.3, -0.25) is 0 Å². The smallest absolute Gasteiger partial charge is 0.337 e. The van der Waals surface area contributed by atoms with Crippen LogP contribution < -0.4 is 10.4 Å². The lowest BCUT2D eigenvalue weighted by Gasteiger charge is -2.43. The summed E-state index contributed by atoms with van der Waals surface area (Å²) in [5.41, 5.74) is 0. The maximum Gasteiger partial charge on any atom is 0.337 e. The van der Waals surface area contributed by atoms with Gasteiger partial charge in [0, 0.05) is 0 Å². The average Bonchev–Trinajstić information content (AvgIpc) is 2.63. The van der Waals surface area contributed by atoms with Crippen molar-refractivity contribution in [3.05, 3.63) is 60.7 Å². The van der Waals surface area contributed by atoms with E-state index in [1.165, 1.54) is 0 Å². The van der Waals surface area contributed by atoms with E-state index in [-0.39, 0.29) is 18.3 Å². The van der Waals surface area contributed by atoms with Gasteiger partial charge in [-0.2, -0.15) is 0 Å². The minimum Gasteiger partial charge on any atom is -0.464 e. The van der Waals surface area contributed by atoms with E-state index in [0.717, 1.165) is 10.4 Å². The molecule has 4 nitrogen and oxygen atoms in total. The van der Waals surface area contributed by atoms with Crippen molar-refractivity contribution in [3.63, 3.8) is 0 Å². The van der Waals surface area contributed by atoms with Gasteiger partial charge < -0.3 is 14.3 Å². The first-order chi connectivity index (χ1) is 12.3. The Morgan fingerprint density at radius 2 is 1.46 bits per heavy atom. The van der Waals surface area contributed by atoms with Crippen LogP contribution in [-0.2, 0) is 14.0 Å². The van der Waals surface area contributed by atoms with E-state index in [9.17, 15) is 9.90 Å². The van der Waals surface area contributed by atoms with Gasteiger partial charge in [0.15, 0.2) is 6.10 Å². The molecule has 0 amide bonds. The van der Waals surface area contributed by atoms with Crippen molar-refractivity contribution in [2.45, 2.75) is 38.8 Å². The van der Waals surface area contributed by atoms with Crippen molar-refractivity contribution in [3.8, 4) is 0 Å². The number of ether oxygens (including phenoxy) is 1. The summed E-state index contributed by atoms with van der Waals surface area (Å²) < 4.78 is 11.4. The number of rotatable bonds is 7. The number of aliphatic hydroxyl groups is 1. The van der Waals surface area contributed by atoms with Crippen molar-refractivity contribution in [2.75, 3.05) is 13.2 Å². The first-order valence-electron chi connectivity index (χ1n) is 8.92. The molecule has 0 saturated heterocycles. The molecule has 0 aliphatic rings. The predicted octanol–water partition coefficient (Wildman–Crippen LogP) is 2.49. The molecule has 0 radical (unpaired) electrons. The molecular weight excluding hydrogens is 344 g/mol. The monoisotopic (exact) mass is 372 g/mol. The Bertz CT molecular complexity index is 655. The van der Waals surface area contributed by atoms with Gasteiger partial charge in [-0.1, -0.05) is 81.4 Å². The average molecular weight is 373 g/mol. The second-order valence-corrected chi connectivity index (χ2v) is 11.5. The Balaban J connectivity index is 2.49. The second kappa shape index (κ2) is 8.62. The van der Waals surface area contributed by atoms with E-state index >= 15 is 0 Å². The number of carbonyl (C=O) groups excluding carboxylic acids is 1. The van der Waals surface area contributed by atoms with Gasteiger partial charge in [-0.25, -0.2) is 4.79 Å². The predicted molar refractivity (Wildman–Crippen MR) is 106 cm³/mol. The van der Waals surface area contributed by atoms with Gasteiger partial charge in [0.2, 0.25) is 0 Å². The summed E-state index contributed by atoms with van der Waals surface area (Å²) in [7, 11) is -2.75. The highest BCUT2D eigenvalue weighted by Crippen LogP contribution is 2.36. The molecule has 0 aromatic heterocycles. The van der Waals surface area contributed by atoms with Crippen LogP contribution in [0, 0.1) is 0 Å². The molecule has 0 unspecified atom stereocenters. The fraction of sp³-hybridized carbons (Fsp3) is 0.381. The molecule has 1 atom stereocenters. The normalized spacial score (nSPS) is 13.3. The van der Waals surface area contributed by atoms with Gasteiger partial charge in [-0.15, -0.1) is 0 Å². The number of hydrogen-bond acceptors (Lipinski definition) is 4. The van der Waals surface area contributed by atoms with Crippen molar-refractivity contribution in [1.82, 2.24) is 0 Å². The number of hydrogen-bond donors (Lipinski definition) is 1. The molecule has 0 heterocycles. The van der Waals surface area contributed by atoms with Crippen LogP contribution in [0.4, 0.5) is 0 Å². The molecule has 0 aliphatic heterocycles. The maximum absolute atomic E-state index is 11.8. The Labute approximate surface area is 156 Å². The number of esters is 1. The summed E-state index contributed by atoms with van der Waals surface area (Å²) in [5, 5.41) is 12.2. The molecule has 0 fully saturated rings. The number of benzene rings is 2. The fourth-order valence-corrected chi connectivity index (χ4v) is 7.84. The zero-order valence-electron chi connectivity index (χ0n) is 15.9. The quantitative estimate of drug-likeness (QED) is 0.599. The van der Waals surface area contributed by atoms with Crippen LogP contribution in [0.2, 0.25) is 5.04 Å². The lowest BCUT2D eigenvalue weighted by molar-refractivity contribution is -0.154. The van der Waals surface area contributed by atoms with Crippen molar-refractivity contribution < 1.29 is 19.1 Å². The molecular formula is C21H28O4Si. The maximum atomic E-state index is 11.8. The molecule has 2 aromatic rings. The van der Waals surface area contributed by atoms with E-state index in [2.05, 4.69) is 45.0 Å². The van der Waals surface area contributed by atoms with Crippen LogP contribution in [0.15, 0.2) is 60.7 Å². The lowest BCUT2D eigenvalue weighted by atomic mass is 10.2. The minimum atomic E-state index is -2.75. The third kappa shape index (κ3) is 4.23. The van der Waals surface area contributed by atoms with Gasteiger partial charge in [-0.05, 0) is 22.3 Å². The van der Waals surface area contributed by atoms with Crippen LogP contribution in [0.1, 0.15) is 27.7 Å². The highest BCUT2D eigenvalue weighted by atomic mass is 28.4. The van der Waals surface area contributed by atoms with E-state index < -0.39 is 20.4 Å². The fourth-order valence-electron chi connectivity index (χ4n) is 3.27.